The van der Waals surface area contributed by atoms with Crippen molar-refractivity contribution in [3.8, 4) is 11.5 Å². The highest BCUT2D eigenvalue weighted by molar-refractivity contribution is 9.10. The molecule has 0 unspecified atom stereocenters. The third-order valence-corrected chi connectivity index (χ3v) is 7.33. The molecule has 2 aromatic carbocycles. The van der Waals surface area contributed by atoms with Crippen LogP contribution in [0, 0.1) is 0 Å². The van der Waals surface area contributed by atoms with E-state index in [0.29, 0.717) is 16.8 Å². The Morgan fingerprint density at radius 2 is 1.65 bits per heavy atom. The van der Waals surface area contributed by atoms with Gasteiger partial charge in [-0.3, -0.25) is 4.90 Å². The third-order valence-electron chi connectivity index (χ3n) is 5.19. The summed E-state index contributed by atoms with van der Waals surface area (Å²) in [5.41, 5.74) is 1.60. The van der Waals surface area contributed by atoms with Gasteiger partial charge in [-0.25, -0.2) is 13.2 Å². The van der Waals surface area contributed by atoms with Crippen molar-refractivity contribution in [1.82, 2.24) is 15.1 Å². The van der Waals surface area contributed by atoms with Crippen LogP contribution in [-0.2, 0) is 22.6 Å². The Morgan fingerprint density at radius 1 is 1.03 bits per heavy atom. The Kier molecular flexibility index (Phi) is 6.67. The highest BCUT2D eigenvalue weighted by atomic mass is 79.9. The number of hydrogen-bond donors (Lipinski definition) is 0. The van der Waals surface area contributed by atoms with E-state index in [2.05, 4.69) is 26.1 Å². The zero-order chi connectivity index (χ0) is 24.5. The zero-order valence-corrected chi connectivity index (χ0v) is 19.9. The highest BCUT2D eigenvalue weighted by Gasteiger charge is 2.38. The number of anilines is 1. The van der Waals surface area contributed by atoms with E-state index in [9.17, 15) is 26.4 Å². The number of amides is 2. The second-order valence-corrected chi connectivity index (χ2v) is 10.8. The van der Waals surface area contributed by atoms with Crippen LogP contribution in [0.4, 0.5) is 23.7 Å². The van der Waals surface area contributed by atoms with Crippen molar-refractivity contribution >= 4 is 37.5 Å². The summed E-state index contributed by atoms with van der Waals surface area (Å²) in [6.07, 6.45) is -4.73. The maximum absolute atomic E-state index is 13.3. The van der Waals surface area contributed by atoms with Gasteiger partial charge in [0.25, 0.3) is 0 Å². The Hall–Kier alpha value is -2.93. The first-order valence-electron chi connectivity index (χ1n) is 10.0. The van der Waals surface area contributed by atoms with E-state index in [1.165, 1.54) is 21.9 Å². The lowest BCUT2D eigenvalue weighted by Crippen LogP contribution is -2.49. The van der Waals surface area contributed by atoms with Crippen LogP contribution < -0.4 is 4.90 Å². The molecule has 0 atom stereocenters. The molecule has 1 aliphatic rings. The van der Waals surface area contributed by atoms with Gasteiger partial charge >= 0.3 is 18.1 Å². The van der Waals surface area contributed by atoms with Crippen LogP contribution in [0.3, 0.4) is 0 Å². The van der Waals surface area contributed by atoms with E-state index in [1.807, 2.05) is 0 Å². The molecule has 0 aliphatic carbocycles. The lowest BCUT2D eigenvalue weighted by molar-refractivity contribution is -0.156. The van der Waals surface area contributed by atoms with Crippen molar-refractivity contribution in [2.24, 2.45) is 0 Å². The molecular formula is C21H18BrF3N4O4S. The third kappa shape index (κ3) is 5.58. The Morgan fingerprint density at radius 3 is 2.21 bits per heavy atom. The number of urea groups is 1. The molecule has 0 N–H and O–H groups in total. The largest absolute Gasteiger partial charge is 0.470 e. The SMILES string of the molecule is O=C(N1CCS(=O)(=O)CC1)N(Cc1ccc(-c2nnc(C(F)(F)F)o2)cc1)c1ccc(Br)cc1. The Bertz CT molecular complexity index is 1260. The quantitative estimate of drug-likeness (QED) is 0.471. The molecule has 0 saturated carbocycles. The maximum Gasteiger partial charge on any atom is 0.470 e. The van der Waals surface area contributed by atoms with Crippen LogP contribution in [0.2, 0.25) is 0 Å². The molecule has 2 amide bonds. The number of carbonyl (C=O) groups excluding carboxylic acids is 1. The molecule has 0 radical (unpaired) electrons. The summed E-state index contributed by atoms with van der Waals surface area (Å²) in [7, 11) is -3.15. The number of sulfone groups is 1. The maximum atomic E-state index is 13.3. The Balaban J connectivity index is 1.56. The van der Waals surface area contributed by atoms with Crippen LogP contribution in [0.25, 0.3) is 11.5 Å². The van der Waals surface area contributed by atoms with Crippen LogP contribution in [-0.4, -0.2) is 54.1 Å². The van der Waals surface area contributed by atoms with Gasteiger partial charge in [-0.1, -0.05) is 28.1 Å². The summed E-state index contributed by atoms with van der Waals surface area (Å²) >= 11 is 3.36. The molecule has 0 bridgehead atoms. The topological polar surface area (TPSA) is 96.6 Å². The van der Waals surface area contributed by atoms with Gasteiger partial charge < -0.3 is 9.32 Å². The van der Waals surface area contributed by atoms with Crippen LogP contribution >= 0.6 is 15.9 Å². The molecule has 3 aromatic rings. The predicted octanol–water partition coefficient (Wildman–Crippen LogP) is 4.37. The number of aromatic nitrogens is 2. The van der Waals surface area contributed by atoms with Gasteiger partial charge in [-0.2, -0.15) is 13.2 Å². The van der Waals surface area contributed by atoms with Crippen molar-refractivity contribution in [3.05, 3.63) is 64.5 Å². The van der Waals surface area contributed by atoms with Crippen molar-refractivity contribution in [2.45, 2.75) is 12.7 Å². The number of alkyl halides is 3. The van der Waals surface area contributed by atoms with E-state index in [1.54, 1.807) is 36.4 Å². The summed E-state index contributed by atoms with van der Waals surface area (Å²) in [6, 6.07) is 13.1. The fraction of sp³-hybridized carbons (Fsp3) is 0.286. The molecule has 34 heavy (non-hydrogen) atoms. The zero-order valence-electron chi connectivity index (χ0n) is 17.5. The molecule has 13 heteroatoms. The standard InChI is InChI=1S/C21H18BrF3N4O4S/c22-16-5-7-17(8-6-16)29(20(30)28-9-11-34(31,32)12-10-28)13-14-1-3-15(4-2-14)18-26-27-19(33-18)21(23,24)25/h1-8H,9-13H2. The lowest BCUT2D eigenvalue weighted by atomic mass is 10.1. The van der Waals surface area contributed by atoms with E-state index >= 15 is 0 Å². The molecule has 8 nitrogen and oxygen atoms in total. The second-order valence-electron chi connectivity index (χ2n) is 7.59. The minimum absolute atomic E-state index is 0.0916. The van der Waals surface area contributed by atoms with Crippen molar-refractivity contribution < 1.29 is 30.8 Å². The molecule has 180 valence electrons. The van der Waals surface area contributed by atoms with E-state index in [4.69, 9.17) is 4.42 Å². The number of rotatable bonds is 4. The second kappa shape index (κ2) is 9.37. The van der Waals surface area contributed by atoms with Gasteiger partial charge in [0.15, 0.2) is 9.84 Å². The minimum atomic E-state index is -4.73. The average molecular weight is 559 g/mol. The molecule has 0 spiro atoms. The smallest absolute Gasteiger partial charge is 0.413 e. The first-order chi connectivity index (χ1) is 16.0. The molecule has 1 aromatic heterocycles. The summed E-state index contributed by atoms with van der Waals surface area (Å²) in [5.74, 6) is -1.88. The van der Waals surface area contributed by atoms with Crippen molar-refractivity contribution in [2.75, 3.05) is 29.5 Å². The average Bonchev–Trinajstić information content (AvgIpc) is 3.29. The molecule has 1 aliphatic heterocycles. The van der Waals surface area contributed by atoms with Crippen LogP contribution in [0.5, 0.6) is 0 Å². The number of hydrogen-bond acceptors (Lipinski definition) is 6. The van der Waals surface area contributed by atoms with Crippen molar-refractivity contribution in [3.63, 3.8) is 0 Å². The van der Waals surface area contributed by atoms with Gasteiger partial charge in [0, 0.05) is 28.8 Å². The van der Waals surface area contributed by atoms with Gasteiger partial charge in [0.05, 0.1) is 18.1 Å². The van der Waals surface area contributed by atoms with Gasteiger partial charge in [-0.05, 0) is 42.0 Å². The summed E-state index contributed by atoms with van der Waals surface area (Å²) in [5, 5.41) is 6.46. The first kappa shape index (κ1) is 24.2. The predicted molar refractivity (Wildman–Crippen MR) is 121 cm³/mol. The van der Waals surface area contributed by atoms with Gasteiger partial charge in [-0.15, -0.1) is 10.2 Å². The normalized spacial score (nSPS) is 15.8. The van der Waals surface area contributed by atoms with Gasteiger partial charge in [0.2, 0.25) is 5.89 Å². The molecule has 2 heterocycles. The summed E-state index contributed by atoms with van der Waals surface area (Å²) in [4.78, 5) is 16.3. The van der Waals surface area contributed by atoms with Crippen LogP contribution in [0.1, 0.15) is 11.5 Å². The molecule has 1 fully saturated rings. The van der Waals surface area contributed by atoms with Gasteiger partial charge in [0.1, 0.15) is 0 Å². The highest BCUT2D eigenvalue weighted by Crippen LogP contribution is 2.30. The Labute approximate surface area is 201 Å². The van der Waals surface area contributed by atoms with E-state index in [0.717, 1.165) is 4.47 Å². The fourth-order valence-corrected chi connectivity index (χ4v) is 4.82. The number of carbonyl (C=O) groups is 1. The number of halogens is 4. The lowest BCUT2D eigenvalue weighted by Gasteiger charge is -2.33. The van der Waals surface area contributed by atoms with Crippen LogP contribution in [0.15, 0.2) is 57.4 Å². The summed E-state index contributed by atoms with van der Waals surface area (Å²) in [6.45, 7) is 0.360. The van der Waals surface area contributed by atoms with E-state index < -0.39 is 21.9 Å². The van der Waals surface area contributed by atoms with Crippen molar-refractivity contribution in [1.29, 1.82) is 0 Å². The number of nitrogens with zero attached hydrogens (tertiary/aromatic N) is 4. The minimum Gasteiger partial charge on any atom is -0.413 e. The number of benzene rings is 2. The first-order valence-corrected chi connectivity index (χ1v) is 12.7. The molecular weight excluding hydrogens is 541 g/mol. The fourth-order valence-electron chi connectivity index (χ4n) is 3.35. The summed E-state index contributed by atoms with van der Waals surface area (Å²) < 4.78 is 67.2. The van der Waals surface area contributed by atoms with E-state index in [-0.39, 0.29) is 43.1 Å². The molecule has 4 rings (SSSR count). The monoisotopic (exact) mass is 558 g/mol. The molecule has 1 saturated heterocycles.